The van der Waals surface area contributed by atoms with E-state index in [1.165, 1.54) is 0 Å². The average Bonchev–Trinajstić information content (AvgIpc) is 3.18. The van der Waals surface area contributed by atoms with Crippen LogP contribution >= 0.6 is 0 Å². The van der Waals surface area contributed by atoms with Crippen LogP contribution < -0.4 is 20.1 Å². The van der Waals surface area contributed by atoms with E-state index in [1.54, 1.807) is 14.2 Å². The van der Waals surface area contributed by atoms with Gasteiger partial charge in [0.25, 0.3) is 0 Å². The topological polar surface area (TPSA) is 103 Å². The third-order valence-electron chi connectivity index (χ3n) is 5.46. The zero-order valence-electron chi connectivity index (χ0n) is 19.0. The fourth-order valence-electron chi connectivity index (χ4n) is 3.36. The first-order valence-electron chi connectivity index (χ1n) is 10.8. The van der Waals surface area contributed by atoms with Crippen LogP contribution in [0.15, 0.2) is 12.1 Å². The molecule has 0 aliphatic heterocycles. The Kier molecular flexibility index (Phi) is 7.49. The van der Waals surface area contributed by atoms with Crippen LogP contribution in [-0.2, 0) is 4.79 Å². The average molecular weight is 429 g/mol. The van der Waals surface area contributed by atoms with Gasteiger partial charge >= 0.3 is 0 Å². The summed E-state index contributed by atoms with van der Waals surface area (Å²) in [4.78, 5) is 16.7. The van der Waals surface area contributed by atoms with E-state index in [1.807, 2.05) is 23.5 Å². The molecule has 2 heterocycles. The summed E-state index contributed by atoms with van der Waals surface area (Å²) in [6, 6.07) is 3.73. The lowest BCUT2D eigenvalue weighted by atomic mass is 10.1. The number of anilines is 1. The molecular formula is C22H32N6O3. The van der Waals surface area contributed by atoms with Crippen LogP contribution in [0.25, 0.3) is 16.7 Å². The Morgan fingerprint density at radius 2 is 1.90 bits per heavy atom. The summed E-state index contributed by atoms with van der Waals surface area (Å²) in [6.07, 6.45) is 3.25. The molecule has 31 heavy (non-hydrogen) atoms. The van der Waals surface area contributed by atoms with Gasteiger partial charge in [-0.3, -0.25) is 9.20 Å². The van der Waals surface area contributed by atoms with Crippen molar-refractivity contribution in [2.45, 2.75) is 46.5 Å². The molecule has 0 aliphatic rings. The summed E-state index contributed by atoms with van der Waals surface area (Å²) < 4.78 is 12.8. The van der Waals surface area contributed by atoms with Gasteiger partial charge in [-0.15, -0.1) is 10.2 Å². The number of nitrogens with zero attached hydrogens (tertiary/aromatic N) is 4. The zero-order chi connectivity index (χ0) is 22.4. The second kappa shape index (κ2) is 10.3. The lowest BCUT2D eigenvalue weighted by Gasteiger charge is -2.13. The molecule has 2 N–H and O–H groups in total. The van der Waals surface area contributed by atoms with Gasteiger partial charge in [0, 0.05) is 31.6 Å². The normalized spacial score (nSPS) is 12.2. The number of carbonyl (C=O) groups is 1. The van der Waals surface area contributed by atoms with Crippen molar-refractivity contribution >= 4 is 28.4 Å². The number of nitrogens with one attached hydrogen (secondary N) is 2. The third-order valence-corrected chi connectivity index (χ3v) is 5.46. The molecule has 1 amide bonds. The van der Waals surface area contributed by atoms with Crippen LogP contribution in [0.5, 0.6) is 11.5 Å². The first-order chi connectivity index (χ1) is 15.0. The van der Waals surface area contributed by atoms with Gasteiger partial charge in [-0.1, -0.05) is 20.3 Å². The van der Waals surface area contributed by atoms with Gasteiger partial charge in [0.2, 0.25) is 11.6 Å². The predicted octanol–water partition coefficient (Wildman–Crippen LogP) is 3.35. The molecule has 0 fully saturated rings. The van der Waals surface area contributed by atoms with E-state index in [9.17, 15) is 4.79 Å². The fourth-order valence-corrected chi connectivity index (χ4v) is 3.36. The van der Waals surface area contributed by atoms with Gasteiger partial charge < -0.3 is 20.1 Å². The van der Waals surface area contributed by atoms with E-state index in [-0.39, 0.29) is 5.91 Å². The van der Waals surface area contributed by atoms with Gasteiger partial charge in [0.1, 0.15) is 5.82 Å². The molecule has 0 spiro atoms. The SMILES string of the molecule is CCC(C)CNC(=O)CCCCNc1nc2cc(OC)c(OC)cc2n2c(C)nnc12. The highest BCUT2D eigenvalue weighted by Crippen LogP contribution is 2.33. The maximum absolute atomic E-state index is 11.9. The molecule has 2 aromatic heterocycles. The maximum atomic E-state index is 11.9. The number of hydrogen-bond acceptors (Lipinski definition) is 7. The van der Waals surface area contributed by atoms with Crippen LogP contribution in [0.1, 0.15) is 45.4 Å². The molecule has 0 aliphatic carbocycles. The van der Waals surface area contributed by atoms with Crippen molar-refractivity contribution < 1.29 is 14.3 Å². The Morgan fingerprint density at radius 3 is 2.61 bits per heavy atom. The van der Waals surface area contributed by atoms with E-state index in [4.69, 9.17) is 14.5 Å². The Balaban J connectivity index is 1.69. The Labute approximate surface area is 182 Å². The number of aromatic nitrogens is 4. The van der Waals surface area contributed by atoms with Gasteiger partial charge in [0.05, 0.1) is 25.3 Å². The van der Waals surface area contributed by atoms with Crippen molar-refractivity contribution in [1.29, 1.82) is 0 Å². The Bertz CT molecular complexity index is 1050. The number of methoxy groups -OCH3 is 2. The van der Waals surface area contributed by atoms with Crippen molar-refractivity contribution in [2.75, 3.05) is 32.6 Å². The van der Waals surface area contributed by atoms with Gasteiger partial charge in [-0.05, 0) is 25.7 Å². The minimum Gasteiger partial charge on any atom is -0.493 e. The number of ether oxygens (including phenoxy) is 2. The molecule has 9 nitrogen and oxygen atoms in total. The monoisotopic (exact) mass is 428 g/mol. The molecule has 1 atom stereocenters. The van der Waals surface area contributed by atoms with E-state index >= 15 is 0 Å². The molecule has 1 aromatic carbocycles. The van der Waals surface area contributed by atoms with E-state index in [0.29, 0.717) is 41.8 Å². The van der Waals surface area contributed by atoms with Gasteiger partial charge in [0.15, 0.2) is 17.3 Å². The second-order valence-electron chi connectivity index (χ2n) is 7.76. The van der Waals surface area contributed by atoms with E-state index in [2.05, 4.69) is 34.7 Å². The van der Waals surface area contributed by atoms with Gasteiger partial charge in [-0.25, -0.2) is 4.98 Å². The molecule has 0 radical (unpaired) electrons. The van der Waals surface area contributed by atoms with Crippen LogP contribution in [0.3, 0.4) is 0 Å². The number of amides is 1. The molecule has 0 saturated heterocycles. The maximum Gasteiger partial charge on any atom is 0.220 e. The number of rotatable bonds is 11. The predicted molar refractivity (Wildman–Crippen MR) is 121 cm³/mol. The minimum absolute atomic E-state index is 0.112. The van der Waals surface area contributed by atoms with Crippen molar-refractivity contribution in [3.8, 4) is 11.5 Å². The molecule has 0 saturated carbocycles. The summed E-state index contributed by atoms with van der Waals surface area (Å²) in [5, 5.41) is 14.9. The number of carbonyl (C=O) groups excluding carboxylic acids is 1. The lowest BCUT2D eigenvalue weighted by molar-refractivity contribution is -0.121. The Morgan fingerprint density at radius 1 is 1.16 bits per heavy atom. The summed E-state index contributed by atoms with van der Waals surface area (Å²) in [5.41, 5.74) is 2.25. The first-order valence-corrected chi connectivity index (χ1v) is 10.8. The van der Waals surface area contributed by atoms with Crippen LogP contribution in [0.4, 0.5) is 5.82 Å². The third kappa shape index (κ3) is 5.15. The smallest absolute Gasteiger partial charge is 0.220 e. The summed E-state index contributed by atoms with van der Waals surface area (Å²) in [6.45, 7) is 7.60. The van der Waals surface area contributed by atoms with E-state index in [0.717, 1.165) is 42.7 Å². The lowest BCUT2D eigenvalue weighted by Crippen LogP contribution is -2.27. The molecule has 3 rings (SSSR count). The number of fused-ring (bicyclic) bond motifs is 3. The summed E-state index contributed by atoms with van der Waals surface area (Å²) in [5.74, 6) is 3.27. The molecule has 168 valence electrons. The van der Waals surface area contributed by atoms with E-state index < -0.39 is 0 Å². The van der Waals surface area contributed by atoms with Crippen molar-refractivity contribution in [3.63, 3.8) is 0 Å². The minimum atomic E-state index is 0.112. The molecule has 0 bridgehead atoms. The molecule has 3 aromatic rings. The van der Waals surface area contributed by atoms with Gasteiger partial charge in [-0.2, -0.15) is 0 Å². The quantitative estimate of drug-likeness (QED) is 0.452. The van der Waals surface area contributed by atoms with Crippen LogP contribution in [-0.4, -0.2) is 52.8 Å². The van der Waals surface area contributed by atoms with Crippen molar-refractivity contribution in [2.24, 2.45) is 5.92 Å². The molecule has 9 heteroatoms. The highest BCUT2D eigenvalue weighted by molar-refractivity contribution is 5.85. The van der Waals surface area contributed by atoms with Crippen LogP contribution in [0.2, 0.25) is 0 Å². The number of hydrogen-bond donors (Lipinski definition) is 2. The zero-order valence-corrected chi connectivity index (χ0v) is 19.0. The number of benzene rings is 1. The number of unbranched alkanes of at least 4 members (excludes halogenated alkanes) is 1. The fraction of sp³-hybridized carbons (Fsp3) is 0.545. The standard InChI is InChI=1S/C22H32N6O3/c1-6-14(2)13-24-20(29)9-7-8-10-23-21-22-27-26-15(3)28(22)17-12-19(31-5)18(30-4)11-16(17)25-21/h11-12,14H,6-10,13H2,1-5H3,(H,23,25)(H,24,29). The highest BCUT2D eigenvalue weighted by Gasteiger charge is 2.16. The van der Waals surface area contributed by atoms with Crippen molar-refractivity contribution in [3.05, 3.63) is 18.0 Å². The molecular weight excluding hydrogens is 396 g/mol. The molecule has 1 unspecified atom stereocenters. The second-order valence-corrected chi connectivity index (χ2v) is 7.76. The Hall–Kier alpha value is -3.10. The van der Waals surface area contributed by atoms with Crippen molar-refractivity contribution in [1.82, 2.24) is 24.9 Å². The highest BCUT2D eigenvalue weighted by atomic mass is 16.5. The number of aryl methyl sites for hydroxylation is 1. The first kappa shape index (κ1) is 22.6. The van der Waals surface area contributed by atoms with Crippen LogP contribution in [0, 0.1) is 12.8 Å². The summed E-state index contributed by atoms with van der Waals surface area (Å²) in [7, 11) is 3.21. The summed E-state index contributed by atoms with van der Waals surface area (Å²) >= 11 is 0. The largest absolute Gasteiger partial charge is 0.493 e.